The molecule has 104 valence electrons. The van der Waals surface area contributed by atoms with E-state index in [0.717, 1.165) is 49.0 Å². The van der Waals surface area contributed by atoms with Crippen LogP contribution in [0.5, 0.6) is 0 Å². The largest absolute Gasteiger partial charge is 0.355 e. The van der Waals surface area contributed by atoms with Crippen molar-refractivity contribution in [2.45, 2.75) is 45.7 Å². The molecule has 4 heteroatoms. The van der Waals surface area contributed by atoms with Crippen LogP contribution >= 0.6 is 0 Å². The normalized spacial score (nSPS) is 27.6. The van der Waals surface area contributed by atoms with Crippen LogP contribution in [-0.4, -0.2) is 29.1 Å². The maximum absolute atomic E-state index is 4.76. The molecule has 4 nitrogen and oxygen atoms in total. The average molecular weight is 260 g/mol. The molecule has 3 rings (SSSR count). The van der Waals surface area contributed by atoms with E-state index in [-0.39, 0.29) is 0 Å². The van der Waals surface area contributed by atoms with Gasteiger partial charge in [-0.3, -0.25) is 4.98 Å². The zero-order chi connectivity index (χ0) is 13.2. The summed E-state index contributed by atoms with van der Waals surface area (Å²) in [7, 11) is 0. The van der Waals surface area contributed by atoms with Gasteiger partial charge in [0.1, 0.15) is 5.82 Å². The highest BCUT2D eigenvalue weighted by molar-refractivity contribution is 5.37. The molecule has 0 amide bonds. The SMILES string of the molecule is CC1CCN(c2cncc(CNC3CC3)n2)CC1C. The fourth-order valence-corrected chi connectivity index (χ4v) is 2.64. The maximum atomic E-state index is 4.76. The number of rotatable bonds is 4. The lowest BCUT2D eigenvalue weighted by molar-refractivity contribution is 0.322. The van der Waals surface area contributed by atoms with Crippen molar-refractivity contribution in [3.8, 4) is 0 Å². The number of nitrogens with zero attached hydrogens (tertiary/aromatic N) is 3. The Kier molecular flexibility index (Phi) is 3.69. The third-order valence-electron chi connectivity index (χ3n) is 4.48. The van der Waals surface area contributed by atoms with Crippen LogP contribution in [0.2, 0.25) is 0 Å². The number of aromatic nitrogens is 2. The van der Waals surface area contributed by atoms with Crippen LogP contribution in [0, 0.1) is 11.8 Å². The molecule has 0 aromatic carbocycles. The number of hydrogen-bond acceptors (Lipinski definition) is 4. The zero-order valence-corrected chi connectivity index (χ0v) is 12.0. The van der Waals surface area contributed by atoms with Gasteiger partial charge in [-0.25, -0.2) is 4.98 Å². The second kappa shape index (κ2) is 5.45. The van der Waals surface area contributed by atoms with E-state index in [0.29, 0.717) is 0 Å². The van der Waals surface area contributed by atoms with Crippen LogP contribution in [0.25, 0.3) is 0 Å². The van der Waals surface area contributed by atoms with Crippen molar-refractivity contribution in [1.29, 1.82) is 0 Å². The second-order valence-electron chi connectivity index (χ2n) is 6.21. The zero-order valence-electron chi connectivity index (χ0n) is 12.0. The first-order chi connectivity index (χ1) is 9.22. The Bertz CT molecular complexity index is 430. The summed E-state index contributed by atoms with van der Waals surface area (Å²) in [5, 5.41) is 3.50. The standard InChI is InChI=1S/C15H24N4/c1-11-5-6-19(10-12(11)2)15-9-16-7-14(18-15)8-17-13-3-4-13/h7,9,11-13,17H,3-6,8,10H2,1-2H3. The molecule has 2 heterocycles. The first-order valence-electron chi connectivity index (χ1n) is 7.51. The molecule has 1 saturated heterocycles. The van der Waals surface area contributed by atoms with E-state index >= 15 is 0 Å². The molecule has 1 aliphatic carbocycles. The topological polar surface area (TPSA) is 41.1 Å². The van der Waals surface area contributed by atoms with Gasteiger partial charge >= 0.3 is 0 Å². The molecular formula is C15H24N4. The van der Waals surface area contributed by atoms with Crippen molar-refractivity contribution in [2.75, 3.05) is 18.0 Å². The van der Waals surface area contributed by atoms with Gasteiger partial charge in [0.05, 0.1) is 11.9 Å². The van der Waals surface area contributed by atoms with Gasteiger partial charge in [-0.1, -0.05) is 13.8 Å². The minimum Gasteiger partial charge on any atom is -0.355 e. The van der Waals surface area contributed by atoms with Crippen LogP contribution in [0.4, 0.5) is 5.82 Å². The third kappa shape index (κ3) is 3.24. The fraction of sp³-hybridized carbons (Fsp3) is 0.733. The molecule has 1 saturated carbocycles. The van der Waals surface area contributed by atoms with Crippen molar-refractivity contribution < 1.29 is 0 Å². The lowest BCUT2D eigenvalue weighted by Gasteiger charge is -2.35. The Morgan fingerprint density at radius 3 is 2.79 bits per heavy atom. The van der Waals surface area contributed by atoms with Gasteiger partial charge in [0, 0.05) is 31.9 Å². The highest BCUT2D eigenvalue weighted by Gasteiger charge is 2.24. The first-order valence-corrected chi connectivity index (χ1v) is 7.51. The van der Waals surface area contributed by atoms with Gasteiger partial charge in [-0.05, 0) is 31.1 Å². The van der Waals surface area contributed by atoms with Gasteiger partial charge in [-0.15, -0.1) is 0 Å². The van der Waals surface area contributed by atoms with Gasteiger partial charge in [0.2, 0.25) is 0 Å². The van der Waals surface area contributed by atoms with Gasteiger partial charge < -0.3 is 10.2 Å². The quantitative estimate of drug-likeness (QED) is 0.901. The molecule has 2 fully saturated rings. The van der Waals surface area contributed by atoms with E-state index in [1.807, 2.05) is 12.4 Å². The van der Waals surface area contributed by atoms with Crippen molar-refractivity contribution >= 4 is 5.82 Å². The van der Waals surface area contributed by atoms with Gasteiger partial charge in [0.15, 0.2) is 0 Å². The Hall–Kier alpha value is -1.16. The second-order valence-corrected chi connectivity index (χ2v) is 6.21. The van der Waals surface area contributed by atoms with Crippen molar-refractivity contribution in [3.63, 3.8) is 0 Å². The molecule has 1 aliphatic heterocycles. The molecular weight excluding hydrogens is 236 g/mol. The molecule has 1 aromatic rings. The van der Waals surface area contributed by atoms with E-state index < -0.39 is 0 Å². The minimum atomic E-state index is 0.723. The minimum absolute atomic E-state index is 0.723. The average Bonchev–Trinajstić information content (AvgIpc) is 3.24. The van der Waals surface area contributed by atoms with E-state index in [1.165, 1.54) is 19.3 Å². The summed E-state index contributed by atoms with van der Waals surface area (Å²) in [6.07, 6.45) is 7.68. The molecule has 2 aliphatic rings. The molecule has 1 N–H and O–H groups in total. The van der Waals surface area contributed by atoms with Crippen molar-refractivity contribution in [1.82, 2.24) is 15.3 Å². The highest BCUT2D eigenvalue weighted by Crippen LogP contribution is 2.25. The maximum Gasteiger partial charge on any atom is 0.147 e. The summed E-state index contributed by atoms with van der Waals surface area (Å²) >= 11 is 0. The molecule has 0 bridgehead atoms. The number of piperidine rings is 1. The smallest absolute Gasteiger partial charge is 0.147 e. The van der Waals surface area contributed by atoms with Crippen LogP contribution in [0.15, 0.2) is 12.4 Å². The van der Waals surface area contributed by atoms with Crippen molar-refractivity contribution in [2.24, 2.45) is 11.8 Å². The molecule has 1 aromatic heterocycles. The molecule has 0 radical (unpaired) electrons. The fourth-order valence-electron chi connectivity index (χ4n) is 2.64. The Labute approximate surface area is 115 Å². The third-order valence-corrected chi connectivity index (χ3v) is 4.48. The van der Waals surface area contributed by atoms with Gasteiger partial charge in [-0.2, -0.15) is 0 Å². The van der Waals surface area contributed by atoms with Crippen molar-refractivity contribution in [3.05, 3.63) is 18.1 Å². The Balaban J connectivity index is 1.64. The summed E-state index contributed by atoms with van der Waals surface area (Å²) in [6, 6.07) is 0.723. The summed E-state index contributed by atoms with van der Waals surface area (Å²) in [5.41, 5.74) is 1.07. The molecule has 2 atom stereocenters. The van der Waals surface area contributed by atoms with E-state index in [2.05, 4.69) is 29.0 Å². The van der Waals surface area contributed by atoms with E-state index in [1.54, 1.807) is 0 Å². The molecule has 19 heavy (non-hydrogen) atoms. The van der Waals surface area contributed by atoms with E-state index in [4.69, 9.17) is 4.98 Å². The lowest BCUT2D eigenvalue weighted by Crippen LogP contribution is -2.39. The summed E-state index contributed by atoms with van der Waals surface area (Å²) in [5.74, 6) is 2.61. The lowest BCUT2D eigenvalue weighted by atomic mass is 9.89. The van der Waals surface area contributed by atoms with E-state index in [9.17, 15) is 0 Å². The summed E-state index contributed by atoms with van der Waals surface area (Å²) < 4.78 is 0. The number of anilines is 1. The van der Waals surface area contributed by atoms with Gasteiger partial charge in [0.25, 0.3) is 0 Å². The predicted molar refractivity (Wildman–Crippen MR) is 77.1 cm³/mol. The van der Waals surface area contributed by atoms with Crippen LogP contribution in [0.3, 0.4) is 0 Å². The van der Waals surface area contributed by atoms with Crippen LogP contribution in [-0.2, 0) is 6.54 Å². The number of hydrogen-bond donors (Lipinski definition) is 1. The monoisotopic (exact) mass is 260 g/mol. The van der Waals surface area contributed by atoms with Crippen LogP contribution in [0.1, 0.15) is 38.8 Å². The highest BCUT2D eigenvalue weighted by atomic mass is 15.2. The first kappa shape index (κ1) is 12.9. The number of nitrogens with one attached hydrogen (secondary N) is 1. The Morgan fingerprint density at radius 2 is 2.05 bits per heavy atom. The summed E-state index contributed by atoms with van der Waals surface area (Å²) in [6.45, 7) is 7.76. The Morgan fingerprint density at radius 1 is 1.21 bits per heavy atom. The summed E-state index contributed by atoms with van der Waals surface area (Å²) in [4.78, 5) is 11.5. The molecule has 0 spiro atoms. The predicted octanol–water partition coefficient (Wildman–Crippen LogP) is 2.21. The molecule has 2 unspecified atom stereocenters. The van der Waals surface area contributed by atoms with Crippen LogP contribution < -0.4 is 10.2 Å².